The van der Waals surface area contributed by atoms with E-state index in [-0.39, 0.29) is 17.6 Å². The average molecular weight is 383 g/mol. The maximum absolute atomic E-state index is 12.4. The summed E-state index contributed by atoms with van der Waals surface area (Å²) in [5, 5.41) is 2.98. The highest BCUT2D eigenvalue weighted by atomic mass is 32.2. The van der Waals surface area contributed by atoms with Gasteiger partial charge in [-0.2, -0.15) is 0 Å². The SMILES string of the molecule is CCCCS(=O)(=O)N1CCC(C(=O)NCCc2ccccc2OC)CC1. The molecule has 1 aromatic carbocycles. The molecular formula is C19H30N2O4S. The van der Waals surface area contributed by atoms with Crippen molar-refractivity contribution < 1.29 is 17.9 Å². The molecule has 1 amide bonds. The molecule has 0 atom stereocenters. The number of methoxy groups -OCH3 is 1. The number of sulfonamides is 1. The van der Waals surface area contributed by atoms with Gasteiger partial charge in [0.1, 0.15) is 5.75 Å². The van der Waals surface area contributed by atoms with Gasteiger partial charge in [0.05, 0.1) is 12.9 Å². The molecule has 1 saturated heterocycles. The van der Waals surface area contributed by atoms with E-state index in [0.29, 0.717) is 45.3 Å². The van der Waals surface area contributed by atoms with Crippen LogP contribution in [-0.2, 0) is 21.2 Å². The zero-order valence-electron chi connectivity index (χ0n) is 15.7. The van der Waals surface area contributed by atoms with E-state index in [9.17, 15) is 13.2 Å². The number of unbranched alkanes of at least 4 members (excludes halogenated alkanes) is 1. The van der Waals surface area contributed by atoms with Gasteiger partial charge in [0.2, 0.25) is 15.9 Å². The number of amides is 1. The largest absolute Gasteiger partial charge is 0.496 e. The molecule has 146 valence electrons. The molecule has 1 aromatic rings. The second-order valence-corrected chi connectivity index (χ2v) is 8.78. The number of rotatable bonds is 9. The minimum absolute atomic E-state index is 0.0190. The lowest BCUT2D eigenvalue weighted by Crippen LogP contribution is -2.44. The van der Waals surface area contributed by atoms with Gasteiger partial charge in [-0.1, -0.05) is 31.5 Å². The quantitative estimate of drug-likeness (QED) is 0.710. The first-order valence-electron chi connectivity index (χ1n) is 9.35. The van der Waals surface area contributed by atoms with Crippen molar-refractivity contribution in [2.24, 2.45) is 5.92 Å². The van der Waals surface area contributed by atoms with Crippen LogP contribution in [0.3, 0.4) is 0 Å². The van der Waals surface area contributed by atoms with Crippen LogP contribution in [-0.4, -0.2) is 51.1 Å². The third-order valence-corrected chi connectivity index (χ3v) is 6.82. The summed E-state index contributed by atoms with van der Waals surface area (Å²) in [6, 6.07) is 7.77. The Bertz CT molecular complexity index is 683. The van der Waals surface area contributed by atoms with Crippen LogP contribution < -0.4 is 10.1 Å². The van der Waals surface area contributed by atoms with E-state index in [4.69, 9.17) is 4.74 Å². The Labute approximate surface area is 157 Å². The van der Waals surface area contributed by atoms with E-state index in [1.165, 1.54) is 0 Å². The van der Waals surface area contributed by atoms with Gasteiger partial charge in [0.25, 0.3) is 0 Å². The standard InChI is InChI=1S/C19H30N2O4S/c1-3-4-15-26(23,24)21-13-10-17(11-14-21)19(22)20-12-9-16-7-5-6-8-18(16)25-2/h5-8,17H,3-4,9-15H2,1-2H3,(H,20,22). The number of para-hydroxylation sites is 1. The number of carbonyl (C=O) groups excluding carboxylic acids is 1. The third kappa shape index (κ3) is 5.71. The molecule has 2 rings (SSSR count). The lowest BCUT2D eigenvalue weighted by molar-refractivity contribution is -0.126. The number of nitrogens with zero attached hydrogens (tertiary/aromatic N) is 1. The molecule has 0 saturated carbocycles. The van der Waals surface area contributed by atoms with Crippen molar-refractivity contribution in [3.8, 4) is 5.75 Å². The monoisotopic (exact) mass is 382 g/mol. The topological polar surface area (TPSA) is 75.7 Å². The summed E-state index contributed by atoms with van der Waals surface area (Å²) in [7, 11) is -1.53. The van der Waals surface area contributed by atoms with Gasteiger partial charge < -0.3 is 10.1 Å². The molecule has 0 bridgehead atoms. The maximum Gasteiger partial charge on any atom is 0.223 e. The lowest BCUT2D eigenvalue weighted by Gasteiger charge is -2.30. The molecule has 1 heterocycles. The van der Waals surface area contributed by atoms with E-state index in [0.717, 1.165) is 17.7 Å². The van der Waals surface area contributed by atoms with Crippen molar-refractivity contribution in [2.45, 2.75) is 39.0 Å². The van der Waals surface area contributed by atoms with E-state index < -0.39 is 10.0 Å². The highest BCUT2D eigenvalue weighted by Crippen LogP contribution is 2.21. The molecule has 6 nitrogen and oxygen atoms in total. The Balaban J connectivity index is 1.76. The number of carbonyl (C=O) groups is 1. The number of piperidine rings is 1. The Kier molecular flexibility index (Phi) is 7.90. The lowest BCUT2D eigenvalue weighted by atomic mass is 9.97. The van der Waals surface area contributed by atoms with Crippen molar-refractivity contribution in [3.05, 3.63) is 29.8 Å². The summed E-state index contributed by atoms with van der Waals surface area (Å²) >= 11 is 0. The Morgan fingerprint density at radius 3 is 2.62 bits per heavy atom. The van der Waals surface area contributed by atoms with Crippen LogP contribution in [0, 0.1) is 5.92 Å². The fourth-order valence-electron chi connectivity index (χ4n) is 3.23. The van der Waals surface area contributed by atoms with Crippen LogP contribution in [0.1, 0.15) is 38.2 Å². The molecule has 0 aliphatic carbocycles. The van der Waals surface area contributed by atoms with Gasteiger partial charge in [-0.25, -0.2) is 12.7 Å². The predicted molar refractivity (Wildman–Crippen MR) is 103 cm³/mol. The molecule has 0 radical (unpaired) electrons. The molecule has 1 aliphatic heterocycles. The first-order chi connectivity index (χ1) is 12.5. The van der Waals surface area contributed by atoms with Crippen molar-refractivity contribution >= 4 is 15.9 Å². The molecule has 26 heavy (non-hydrogen) atoms. The summed E-state index contributed by atoms with van der Waals surface area (Å²) in [6.07, 6.45) is 3.44. The number of nitrogens with one attached hydrogen (secondary N) is 1. The molecule has 0 unspecified atom stereocenters. The third-order valence-electron chi connectivity index (χ3n) is 4.86. The van der Waals surface area contributed by atoms with E-state index >= 15 is 0 Å². The van der Waals surface area contributed by atoms with Gasteiger partial charge in [0, 0.05) is 25.6 Å². The first-order valence-corrected chi connectivity index (χ1v) is 11.0. The minimum Gasteiger partial charge on any atom is -0.496 e. The van der Waals surface area contributed by atoms with Crippen LogP contribution in [0.2, 0.25) is 0 Å². The fraction of sp³-hybridized carbons (Fsp3) is 0.632. The summed E-state index contributed by atoms with van der Waals surface area (Å²) in [6.45, 7) is 3.42. The van der Waals surface area contributed by atoms with Gasteiger partial charge in [-0.3, -0.25) is 4.79 Å². The number of hydrogen-bond acceptors (Lipinski definition) is 4. The van der Waals surface area contributed by atoms with E-state index in [1.807, 2.05) is 31.2 Å². The van der Waals surface area contributed by atoms with Crippen molar-refractivity contribution in [1.82, 2.24) is 9.62 Å². The van der Waals surface area contributed by atoms with Gasteiger partial charge in [-0.05, 0) is 37.3 Å². The number of benzene rings is 1. The first kappa shape index (κ1) is 20.7. The van der Waals surface area contributed by atoms with Crippen molar-refractivity contribution in [1.29, 1.82) is 0 Å². The number of ether oxygens (including phenoxy) is 1. The normalized spacial score (nSPS) is 16.4. The minimum atomic E-state index is -3.17. The zero-order chi connectivity index (χ0) is 19.0. The van der Waals surface area contributed by atoms with Crippen LogP contribution >= 0.6 is 0 Å². The van der Waals surface area contributed by atoms with Gasteiger partial charge in [0.15, 0.2) is 0 Å². The average Bonchev–Trinajstić information content (AvgIpc) is 2.66. The van der Waals surface area contributed by atoms with E-state index in [2.05, 4.69) is 5.32 Å². The molecule has 0 spiro atoms. The van der Waals surface area contributed by atoms with Crippen LogP contribution in [0.15, 0.2) is 24.3 Å². The maximum atomic E-state index is 12.4. The Morgan fingerprint density at radius 1 is 1.27 bits per heavy atom. The smallest absolute Gasteiger partial charge is 0.223 e. The molecule has 0 aromatic heterocycles. The number of hydrogen-bond donors (Lipinski definition) is 1. The Hall–Kier alpha value is -1.60. The summed E-state index contributed by atoms with van der Waals surface area (Å²) < 4.78 is 31.3. The van der Waals surface area contributed by atoms with Crippen LogP contribution in [0.4, 0.5) is 0 Å². The second-order valence-electron chi connectivity index (χ2n) is 6.70. The van der Waals surface area contributed by atoms with Gasteiger partial charge >= 0.3 is 0 Å². The second kappa shape index (κ2) is 9.92. The summed E-state index contributed by atoms with van der Waals surface area (Å²) in [5.74, 6) is 0.947. The molecule has 7 heteroatoms. The molecule has 1 N–H and O–H groups in total. The van der Waals surface area contributed by atoms with E-state index in [1.54, 1.807) is 11.4 Å². The highest BCUT2D eigenvalue weighted by Gasteiger charge is 2.30. The summed E-state index contributed by atoms with van der Waals surface area (Å²) in [5.41, 5.74) is 1.06. The molecule has 1 fully saturated rings. The van der Waals surface area contributed by atoms with Gasteiger partial charge in [-0.15, -0.1) is 0 Å². The molecular weight excluding hydrogens is 352 g/mol. The fourth-order valence-corrected chi connectivity index (χ4v) is 4.91. The van der Waals surface area contributed by atoms with Crippen molar-refractivity contribution in [3.63, 3.8) is 0 Å². The zero-order valence-corrected chi connectivity index (χ0v) is 16.6. The predicted octanol–water partition coefficient (Wildman–Crippen LogP) is 2.20. The summed E-state index contributed by atoms with van der Waals surface area (Å²) in [4.78, 5) is 12.4. The van der Waals surface area contributed by atoms with Crippen LogP contribution in [0.5, 0.6) is 5.75 Å². The van der Waals surface area contributed by atoms with Crippen LogP contribution in [0.25, 0.3) is 0 Å². The van der Waals surface area contributed by atoms with Crippen molar-refractivity contribution in [2.75, 3.05) is 32.5 Å². The Morgan fingerprint density at radius 2 is 1.96 bits per heavy atom. The highest BCUT2D eigenvalue weighted by molar-refractivity contribution is 7.89. The molecule has 1 aliphatic rings.